The summed E-state index contributed by atoms with van der Waals surface area (Å²) in [6.45, 7) is 4.60. The molecule has 0 amide bonds. The van der Waals surface area contributed by atoms with E-state index in [9.17, 15) is 9.59 Å². The lowest BCUT2D eigenvalue weighted by molar-refractivity contribution is -0.111. The Morgan fingerprint density at radius 1 is 0.435 bits per heavy atom. The van der Waals surface area contributed by atoms with Crippen molar-refractivity contribution < 1.29 is 9.59 Å². The Hall–Kier alpha value is -3.08. The molecule has 4 heteroatoms. The normalized spacial score (nSPS) is 15.8. The topological polar surface area (TPSA) is 34.1 Å². The molecular formula is C42H44Br2O2. The van der Waals surface area contributed by atoms with Crippen molar-refractivity contribution in [1.82, 2.24) is 0 Å². The van der Waals surface area contributed by atoms with Crippen molar-refractivity contribution in [3.8, 4) is 0 Å². The fourth-order valence-electron chi connectivity index (χ4n) is 6.51. The van der Waals surface area contributed by atoms with Crippen molar-refractivity contribution >= 4 is 65.7 Å². The molecule has 0 saturated heterocycles. The number of carbonyl (C=O) groups excluding carboxylic acids is 2. The van der Waals surface area contributed by atoms with Gasteiger partial charge in [0.1, 0.15) is 0 Å². The number of unbranched alkanes of at least 4 members (excludes halogenated alkanes) is 4. The van der Waals surface area contributed by atoms with Gasteiger partial charge in [0, 0.05) is 10.7 Å². The minimum atomic E-state index is 0.0179. The van der Waals surface area contributed by atoms with Gasteiger partial charge in [0.2, 0.25) is 0 Å². The summed E-state index contributed by atoms with van der Waals surface area (Å²) in [4.78, 5) is 25.2. The van der Waals surface area contributed by atoms with Gasteiger partial charge in [-0.1, -0.05) is 144 Å². The molecule has 2 aliphatic rings. The molecule has 3 aromatic carbocycles. The van der Waals surface area contributed by atoms with Gasteiger partial charge in [-0.05, 0) is 117 Å². The third kappa shape index (κ3) is 8.63. The van der Waals surface area contributed by atoms with Gasteiger partial charge < -0.3 is 0 Å². The van der Waals surface area contributed by atoms with Gasteiger partial charge >= 0.3 is 0 Å². The van der Waals surface area contributed by atoms with Crippen LogP contribution in [0.4, 0.5) is 0 Å². The number of benzene rings is 3. The Balaban J connectivity index is 1.27. The maximum atomic E-state index is 12.6. The van der Waals surface area contributed by atoms with Gasteiger partial charge in [-0.25, -0.2) is 0 Å². The van der Waals surface area contributed by atoms with Crippen LogP contribution in [-0.2, 0) is 9.59 Å². The van der Waals surface area contributed by atoms with E-state index in [1.165, 1.54) is 62.5 Å². The minimum absolute atomic E-state index is 0.0179. The third-order valence-corrected chi connectivity index (χ3v) is 10.5. The Kier molecular flexibility index (Phi) is 12.4. The molecule has 5 rings (SSSR count). The molecule has 3 aromatic rings. The maximum absolute atomic E-state index is 12.6. The third-order valence-electron chi connectivity index (χ3n) is 9.36. The number of alkyl halides is 2. The number of ketones is 2. The van der Waals surface area contributed by atoms with Gasteiger partial charge in [0.25, 0.3) is 0 Å². The Labute approximate surface area is 292 Å². The second-order valence-electron chi connectivity index (χ2n) is 12.7. The van der Waals surface area contributed by atoms with Crippen LogP contribution in [0.2, 0.25) is 0 Å². The number of allylic oxidation sites excluding steroid dienone is 8. The molecular weight excluding hydrogens is 696 g/mol. The SMILES string of the molecule is CC(CCCCCBr)c1ccc(C2=CC(=O)C=C2c2ccc(C3=CC(=O)C=C3c3ccc(C(C)CCCCCBr)cc3)cc2)cc1. The number of rotatable bonds is 16. The second-order valence-corrected chi connectivity index (χ2v) is 14.3. The highest BCUT2D eigenvalue weighted by Crippen LogP contribution is 2.39. The fraction of sp³-hybridized carbons (Fsp3) is 0.333. The van der Waals surface area contributed by atoms with Gasteiger partial charge in [0.15, 0.2) is 11.6 Å². The predicted octanol–water partition coefficient (Wildman–Crippen LogP) is 11.9. The van der Waals surface area contributed by atoms with Crippen LogP contribution in [0.15, 0.2) is 97.1 Å². The molecule has 0 bridgehead atoms. The van der Waals surface area contributed by atoms with E-state index in [1.54, 1.807) is 24.3 Å². The molecule has 2 nitrogen and oxygen atoms in total. The summed E-state index contributed by atoms with van der Waals surface area (Å²) in [5.74, 6) is 1.07. The highest BCUT2D eigenvalue weighted by Gasteiger charge is 2.22. The lowest BCUT2D eigenvalue weighted by atomic mass is 9.89. The van der Waals surface area contributed by atoms with E-state index in [-0.39, 0.29) is 11.6 Å². The Morgan fingerprint density at radius 2 is 0.717 bits per heavy atom. The second kappa shape index (κ2) is 16.7. The van der Waals surface area contributed by atoms with E-state index in [4.69, 9.17) is 0 Å². The van der Waals surface area contributed by atoms with Crippen molar-refractivity contribution in [1.29, 1.82) is 0 Å². The quantitative estimate of drug-likeness (QED) is 0.108. The molecule has 0 fully saturated rings. The molecule has 0 radical (unpaired) electrons. The van der Waals surface area contributed by atoms with Gasteiger partial charge in [0.05, 0.1) is 0 Å². The molecule has 2 unspecified atom stereocenters. The highest BCUT2D eigenvalue weighted by molar-refractivity contribution is 9.09. The number of hydrogen-bond donors (Lipinski definition) is 0. The number of hydrogen-bond acceptors (Lipinski definition) is 2. The molecule has 238 valence electrons. The van der Waals surface area contributed by atoms with E-state index in [1.807, 2.05) is 0 Å². The average Bonchev–Trinajstić information content (AvgIpc) is 3.67. The summed E-state index contributed by atoms with van der Waals surface area (Å²) < 4.78 is 0. The van der Waals surface area contributed by atoms with Crippen LogP contribution < -0.4 is 0 Å². The first-order valence-electron chi connectivity index (χ1n) is 16.8. The largest absolute Gasteiger partial charge is 0.290 e. The first kappa shape index (κ1) is 34.3. The van der Waals surface area contributed by atoms with E-state index < -0.39 is 0 Å². The van der Waals surface area contributed by atoms with Crippen molar-refractivity contribution in [3.05, 3.63) is 130 Å². The molecule has 2 aliphatic carbocycles. The van der Waals surface area contributed by atoms with Crippen molar-refractivity contribution in [2.75, 3.05) is 10.7 Å². The number of carbonyl (C=O) groups is 2. The summed E-state index contributed by atoms with van der Waals surface area (Å²) in [5.41, 5.74) is 10.6. The standard InChI is InChI=1S/C42H44Br2O2/c1-29(9-5-3-7-23-43)31-11-15-33(16-12-31)39-25-37(45)27-41(39)35-19-21-36(22-20-35)42-28-38(46)26-40(42)34-17-13-32(14-18-34)30(2)10-6-4-8-24-44/h11-22,25-30H,3-10,23-24H2,1-2H3. The zero-order valence-electron chi connectivity index (χ0n) is 27.0. The average molecular weight is 741 g/mol. The van der Waals surface area contributed by atoms with Crippen LogP contribution in [-0.4, -0.2) is 22.2 Å². The van der Waals surface area contributed by atoms with Gasteiger partial charge in [-0.2, -0.15) is 0 Å². The van der Waals surface area contributed by atoms with Crippen molar-refractivity contribution in [3.63, 3.8) is 0 Å². The van der Waals surface area contributed by atoms with E-state index in [2.05, 4.69) is 119 Å². The van der Waals surface area contributed by atoms with Crippen LogP contribution in [0, 0.1) is 0 Å². The molecule has 46 heavy (non-hydrogen) atoms. The van der Waals surface area contributed by atoms with Crippen molar-refractivity contribution in [2.45, 2.75) is 77.0 Å². The molecule has 0 heterocycles. The Morgan fingerprint density at radius 3 is 1.00 bits per heavy atom. The summed E-state index contributed by atoms with van der Waals surface area (Å²) in [5, 5.41) is 2.15. The number of halogens is 2. The van der Waals surface area contributed by atoms with Gasteiger partial charge in [-0.15, -0.1) is 0 Å². The van der Waals surface area contributed by atoms with Crippen molar-refractivity contribution in [2.24, 2.45) is 0 Å². The molecule has 2 atom stereocenters. The highest BCUT2D eigenvalue weighted by atomic mass is 79.9. The van der Waals surface area contributed by atoms with Gasteiger partial charge in [-0.3, -0.25) is 9.59 Å². The van der Waals surface area contributed by atoms with E-state index in [0.29, 0.717) is 11.8 Å². The first-order chi connectivity index (χ1) is 22.4. The molecule has 0 spiro atoms. The Bertz CT molecular complexity index is 1510. The summed E-state index contributed by atoms with van der Waals surface area (Å²) in [6, 6.07) is 25.7. The molecule has 0 aromatic heterocycles. The fourth-order valence-corrected chi connectivity index (χ4v) is 7.30. The van der Waals surface area contributed by atoms with Crippen LogP contribution in [0.5, 0.6) is 0 Å². The first-order valence-corrected chi connectivity index (χ1v) is 19.0. The summed E-state index contributed by atoms with van der Waals surface area (Å²) in [7, 11) is 0. The lowest BCUT2D eigenvalue weighted by Gasteiger charge is -2.15. The zero-order chi connectivity index (χ0) is 32.5. The molecule has 0 N–H and O–H groups in total. The summed E-state index contributed by atoms with van der Waals surface area (Å²) in [6.07, 6.45) is 16.8. The lowest BCUT2D eigenvalue weighted by Crippen LogP contribution is -1.96. The van der Waals surface area contributed by atoms with Crippen LogP contribution >= 0.6 is 31.9 Å². The monoisotopic (exact) mass is 738 g/mol. The van der Waals surface area contributed by atoms with Crippen LogP contribution in [0.3, 0.4) is 0 Å². The summed E-state index contributed by atoms with van der Waals surface area (Å²) >= 11 is 7.04. The molecule has 0 saturated carbocycles. The minimum Gasteiger partial charge on any atom is -0.290 e. The predicted molar refractivity (Wildman–Crippen MR) is 203 cm³/mol. The maximum Gasteiger partial charge on any atom is 0.179 e. The van der Waals surface area contributed by atoms with Crippen LogP contribution in [0.1, 0.15) is 110 Å². The van der Waals surface area contributed by atoms with E-state index >= 15 is 0 Å². The van der Waals surface area contributed by atoms with E-state index in [0.717, 1.165) is 55.2 Å². The zero-order valence-corrected chi connectivity index (χ0v) is 30.2. The van der Waals surface area contributed by atoms with Crippen LogP contribution in [0.25, 0.3) is 22.3 Å². The molecule has 0 aliphatic heterocycles. The smallest absolute Gasteiger partial charge is 0.179 e.